The zero-order chi connectivity index (χ0) is 48.0. The summed E-state index contributed by atoms with van der Waals surface area (Å²) in [5.41, 5.74) is -3.48. The van der Waals surface area contributed by atoms with Crippen LogP contribution < -0.4 is 18.9 Å². The van der Waals surface area contributed by atoms with Gasteiger partial charge in [-0.1, -0.05) is 90.0 Å². The summed E-state index contributed by atoms with van der Waals surface area (Å²) in [5.74, 6) is -3.69. The van der Waals surface area contributed by atoms with E-state index in [2.05, 4.69) is 0 Å². The monoisotopic (exact) mass is 948 g/mol. The highest BCUT2D eigenvalue weighted by molar-refractivity contribution is 7.93. The Kier molecular flexibility index (Phi) is 12.6. The molecule has 0 aromatic heterocycles. The molecule has 0 saturated heterocycles. The van der Waals surface area contributed by atoms with E-state index in [4.69, 9.17) is 18.9 Å². The Morgan fingerprint density at radius 3 is 0.984 bits per heavy atom. The number of phenolic OH excluding ortho intramolecular Hbond substituents is 1. The maximum Gasteiger partial charge on any atom is 0.214 e. The number of rotatable bonds is 6. The normalized spacial score (nSPS) is 16.8. The van der Waals surface area contributed by atoms with Crippen LogP contribution in [0.3, 0.4) is 0 Å². The van der Waals surface area contributed by atoms with Crippen molar-refractivity contribution < 1.29 is 57.7 Å². The lowest BCUT2D eigenvalue weighted by molar-refractivity contribution is 0.300. The van der Waals surface area contributed by atoms with Crippen LogP contribution in [0.5, 0.6) is 28.7 Å². The van der Waals surface area contributed by atoms with Crippen molar-refractivity contribution in [1.82, 2.24) is 0 Å². The zero-order valence-electron chi connectivity index (χ0n) is 38.9. The van der Waals surface area contributed by atoms with E-state index >= 15 is 33.7 Å². The van der Waals surface area contributed by atoms with Gasteiger partial charge in [-0.05, 0) is 92.8 Å². The van der Waals surface area contributed by atoms with Gasteiger partial charge in [0, 0.05) is 0 Å². The maximum atomic E-state index is 15.7. The highest BCUT2D eigenvalue weighted by Gasteiger charge is 2.44. The van der Waals surface area contributed by atoms with Gasteiger partial charge in [0.25, 0.3) is 0 Å². The molecule has 63 heavy (non-hydrogen) atoms. The smallest absolute Gasteiger partial charge is 0.214 e. The van der Waals surface area contributed by atoms with E-state index < -0.39 is 129 Å². The van der Waals surface area contributed by atoms with Gasteiger partial charge in [-0.25, -0.2) is 33.7 Å². The molecule has 2 aliphatic heterocycles. The fourth-order valence-electron chi connectivity index (χ4n) is 7.28. The molecule has 6 rings (SSSR count). The highest BCUT2D eigenvalue weighted by atomic mass is 32.2. The first-order valence-electron chi connectivity index (χ1n) is 20.3. The van der Waals surface area contributed by atoms with Crippen molar-refractivity contribution in [2.75, 3.05) is 27.9 Å². The molecule has 0 unspecified atom stereocenters. The number of ether oxygens (including phenoxy) is 4. The van der Waals surface area contributed by atoms with Crippen LogP contribution in [0, 0.1) is 0 Å². The quantitative estimate of drug-likeness (QED) is 0.170. The summed E-state index contributed by atoms with van der Waals surface area (Å²) in [6, 6.07) is 8.76. The van der Waals surface area contributed by atoms with Crippen LogP contribution in [0.4, 0.5) is 0 Å². The molecule has 346 valence electrons. The Balaban J connectivity index is 2.31. The summed E-state index contributed by atoms with van der Waals surface area (Å²) in [6.07, 6.45) is 0.307. The van der Waals surface area contributed by atoms with Crippen molar-refractivity contribution >= 4 is 39.3 Å². The molecule has 0 saturated carbocycles. The molecule has 0 atom stereocenters. The minimum atomic E-state index is -5.12. The van der Waals surface area contributed by atoms with E-state index in [-0.39, 0.29) is 28.9 Å². The Labute approximate surface area is 373 Å². The molecule has 0 aliphatic carbocycles. The summed E-state index contributed by atoms with van der Waals surface area (Å²) >= 11 is 0. The van der Waals surface area contributed by atoms with Crippen LogP contribution in [0.2, 0.25) is 0 Å². The van der Waals surface area contributed by atoms with Crippen LogP contribution in [-0.4, -0.2) is 66.7 Å². The minimum absolute atomic E-state index is 0.164. The number of aromatic hydroxyl groups is 1. The van der Waals surface area contributed by atoms with E-state index in [1.54, 1.807) is 90.0 Å². The van der Waals surface area contributed by atoms with Gasteiger partial charge in [0.1, 0.15) is 39.2 Å². The highest BCUT2D eigenvalue weighted by Crippen LogP contribution is 2.53. The van der Waals surface area contributed by atoms with Gasteiger partial charge < -0.3 is 24.1 Å². The molecule has 17 heteroatoms. The molecule has 0 spiro atoms. The topological polar surface area (TPSA) is 194 Å². The molecule has 13 nitrogen and oxygen atoms in total. The molecule has 2 aliphatic rings. The molecule has 1 N–H and O–H groups in total. The number of hydrogen-bond acceptors (Lipinski definition) is 13. The number of fused-ring (bicyclic) bond motifs is 2. The predicted molar refractivity (Wildman–Crippen MR) is 239 cm³/mol. The van der Waals surface area contributed by atoms with Gasteiger partial charge in [0.2, 0.25) is 39.3 Å². The van der Waals surface area contributed by atoms with E-state index in [9.17, 15) is 5.11 Å². The Bertz CT molecular complexity index is 2970. The lowest BCUT2D eigenvalue weighted by Gasteiger charge is -2.28. The molecule has 4 aromatic rings. The van der Waals surface area contributed by atoms with Gasteiger partial charge in [0.05, 0.1) is 27.9 Å². The van der Waals surface area contributed by atoms with Gasteiger partial charge in [-0.15, -0.1) is 0 Å². The van der Waals surface area contributed by atoms with Crippen molar-refractivity contribution in [2.24, 2.45) is 0 Å². The van der Waals surface area contributed by atoms with Crippen LogP contribution in [0.1, 0.15) is 119 Å². The van der Waals surface area contributed by atoms with Crippen LogP contribution >= 0.6 is 0 Å². The molecule has 4 aromatic carbocycles. The first-order chi connectivity index (χ1) is 28.6. The summed E-state index contributed by atoms with van der Waals surface area (Å²) in [7, 11) is -17.0. The Hall–Kier alpha value is -4.32. The van der Waals surface area contributed by atoms with Gasteiger partial charge in [-0.2, -0.15) is 0 Å². The number of sulfone groups is 4. The summed E-state index contributed by atoms with van der Waals surface area (Å²) in [5, 5.41) is 12.3. The number of benzene rings is 4. The van der Waals surface area contributed by atoms with E-state index in [0.717, 1.165) is 27.4 Å². The second kappa shape index (κ2) is 16.0. The number of methoxy groups -OCH3 is 3. The summed E-state index contributed by atoms with van der Waals surface area (Å²) < 4.78 is 148. The first kappa shape index (κ1) is 49.7. The second-order valence-corrected chi connectivity index (χ2v) is 27.3. The first-order valence-corrected chi connectivity index (χ1v) is 26.2. The van der Waals surface area contributed by atoms with Crippen molar-refractivity contribution in [3.8, 4) is 28.7 Å². The molecule has 0 radical (unpaired) electrons. The lowest BCUT2D eigenvalue weighted by atomic mass is 9.86. The Morgan fingerprint density at radius 1 is 0.429 bits per heavy atom. The largest absolute Gasteiger partial charge is 0.503 e. The Morgan fingerprint density at radius 2 is 0.714 bits per heavy atom. The maximum absolute atomic E-state index is 15.7. The predicted octanol–water partition coefficient (Wildman–Crippen LogP) is 9.04. The molecule has 2 heterocycles. The average Bonchev–Trinajstić information content (AvgIpc) is 3.16. The molecule has 0 fully saturated rings. The summed E-state index contributed by atoms with van der Waals surface area (Å²) in [4.78, 5) is -5.23. The van der Waals surface area contributed by atoms with Crippen molar-refractivity contribution in [2.45, 2.75) is 157 Å². The third kappa shape index (κ3) is 8.43. The standard InChI is InChI=1S/C46H60O13S4/c1-17-18-59-40-34-23-28(45(8,9)10)24-35(40)63(54,55)42-29(46(11,12)13)25-36(41(58-16)37(42)47)62(52,53)33-22-27(44(5,6)7)20-31(39(33)57-15)60(48,49)30-19-26(43(2,3)4)21-32(38(30)56-14)61(34,50)51/h19-25,47H,17-18H2,1-16H3. The third-order valence-corrected chi connectivity index (χ3v) is 18.1. The van der Waals surface area contributed by atoms with Crippen molar-refractivity contribution in [3.05, 3.63) is 64.7 Å². The fraction of sp³-hybridized carbons (Fsp3) is 0.478. The molecular formula is C46H60O13S4. The van der Waals surface area contributed by atoms with E-state index in [1.165, 1.54) is 36.4 Å². The average molecular weight is 949 g/mol. The van der Waals surface area contributed by atoms with E-state index in [0.29, 0.717) is 6.42 Å². The van der Waals surface area contributed by atoms with Crippen molar-refractivity contribution in [3.63, 3.8) is 0 Å². The molecule has 8 bridgehead atoms. The number of hydrogen-bond donors (Lipinski definition) is 1. The van der Waals surface area contributed by atoms with Gasteiger partial charge in [-0.3, -0.25) is 0 Å². The van der Waals surface area contributed by atoms with Crippen LogP contribution in [0.15, 0.2) is 81.6 Å². The van der Waals surface area contributed by atoms with Crippen LogP contribution in [0.25, 0.3) is 0 Å². The second-order valence-electron chi connectivity index (χ2n) is 19.8. The fourth-order valence-corrected chi connectivity index (χ4v) is 14.4. The summed E-state index contributed by atoms with van der Waals surface area (Å²) in [6.45, 7) is 22.1. The van der Waals surface area contributed by atoms with E-state index in [1.807, 2.05) is 0 Å². The minimum Gasteiger partial charge on any atom is -0.503 e. The SMILES string of the molecule is CCCOc1c2cc(C(C)(C)C)cc1S(=O)(=O)c1c(C(C)(C)C)cc(c(OC)c1O)S(=O)(=O)c1cc(C(C)(C)C)cc(c1OC)S(=O)(=O)c1cc(C(C)(C)C)cc(c1OC)S2(=O)=O. The third-order valence-electron chi connectivity index (χ3n) is 11.0. The van der Waals surface area contributed by atoms with Crippen molar-refractivity contribution in [1.29, 1.82) is 0 Å². The lowest BCUT2D eigenvalue weighted by Crippen LogP contribution is -2.22. The molecular weight excluding hydrogens is 889 g/mol. The zero-order valence-corrected chi connectivity index (χ0v) is 42.2. The van der Waals surface area contributed by atoms with Crippen LogP contribution in [-0.2, 0) is 61.0 Å². The number of phenols is 1. The van der Waals surface area contributed by atoms with Gasteiger partial charge in [0.15, 0.2) is 28.7 Å². The van der Waals surface area contributed by atoms with Gasteiger partial charge >= 0.3 is 0 Å². The molecule has 0 amide bonds.